The predicted molar refractivity (Wildman–Crippen MR) is 109 cm³/mol. The standard InChI is InChI=1S/C17H23N5O3.2ClH/c1-3-5-22-13-12(14(23)20-16(22)25)7-11(8-19-13)15(24)21-6-4-17(2,9-18)10-21;;/h7-8H,3-6,9-10,18H2,1-2H3,(H,20,23,25);2*1H. The molecule has 10 heteroatoms. The molecular formula is C17H25Cl2N5O3. The van der Waals surface area contributed by atoms with Gasteiger partial charge in [-0.15, -0.1) is 24.8 Å². The molecule has 3 rings (SSSR count). The van der Waals surface area contributed by atoms with Crippen molar-refractivity contribution in [2.24, 2.45) is 11.1 Å². The van der Waals surface area contributed by atoms with E-state index in [9.17, 15) is 14.4 Å². The van der Waals surface area contributed by atoms with Crippen molar-refractivity contribution in [1.82, 2.24) is 19.4 Å². The van der Waals surface area contributed by atoms with Gasteiger partial charge in [0.05, 0.1) is 10.9 Å². The molecule has 0 aromatic carbocycles. The van der Waals surface area contributed by atoms with Crippen molar-refractivity contribution in [2.45, 2.75) is 33.2 Å². The number of aromatic amines is 1. The number of hydrogen-bond donors (Lipinski definition) is 2. The Bertz CT molecular complexity index is 942. The van der Waals surface area contributed by atoms with E-state index in [0.717, 1.165) is 12.8 Å². The first kappa shape index (κ1) is 23.1. The van der Waals surface area contributed by atoms with E-state index >= 15 is 0 Å². The molecule has 1 aliphatic heterocycles. The van der Waals surface area contributed by atoms with Crippen molar-refractivity contribution >= 4 is 41.8 Å². The fraction of sp³-hybridized carbons (Fsp3) is 0.529. The molecule has 1 saturated heterocycles. The van der Waals surface area contributed by atoms with Gasteiger partial charge in [0, 0.05) is 25.8 Å². The maximum absolute atomic E-state index is 12.7. The van der Waals surface area contributed by atoms with Gasteiger partial charge in [-0.1, -0.05) is 13.8 Å². The minimum atomic E-state index is -0.525. The molecule has 0 radical (unpaired) electrons. The molecule has 8 nitrogen and oxygen atoms in total. The summed E-state index contributed by atoms with van der Waals surface area (Å²) < 4.78 is 1.42. The largest absolute Gasteiger partial charge is 0.338 e. The zero-order valence-corrected chi connectivity index (χ0v) is 17.0. The number of halogens is 2. The van der Waals surface area contributed by atoms with E-state index in [-0.39, 0.29) is 41.5 Å². The van der Waals surface area contributed by atoms with Crippen LogP contribution in [0.3, 0.4) is 0 Å². The lowest BCUT2D eigenvalue weighted by atomic mass is 9.90. The van der Waals surface area contributed by atoms with Gasteiger partial charge >= 0.3 is 5.69 Å². The van der Waals surface area contributed by atoms with Crippen LogP contribution in [-0.4, -0.2) is 45.0 Å². The van der Waals surface area contributed by atoms with Crippen LogP contribution in [0.2, 0.25) is 0 Å². The van der Waals surface area contributed by atoms with E-state index in [1.807, 2.05) is 6.92 Å². The second-order valence-electron chi connectivity index (χ2n) is 7.00. The zero-order chi connectivity index (χ0) is 18.2. The van der Waals surface area contributed by atoms with Gasteiger partial charge in [0.15, 0.2) is 0 Å². The van der Waals surface area contributed by atoms with Gasteiger partial charge in [0.1, 0.15) is 5.65 Å². The fourth-order valence-corrected chi connectivity index (χ4v) is 3.26. The molecule has 1 atom stereocenters. The number of likely N-dealkylation sites (tertiary alicyclic amines) is 1. The number of H-pyrrole nitrogens is 1. The van der Waals surface area contributed by atoms with Gasteiger partial charge in [-0.25, -0.2) is 9.78 Å². The summed E-state index contributed by atoms with van der Waals surface area (Å²) >= 11 is 0. The Morgan fingerprint density at radius 3 is 2.67 bits per heavy atom. The molecule has 150 valence electrons. The number of nitrogens with two attached hydrogens (primary N) is 1. The van der Waals surface area contributed by atoms with Crippen LogP contribution in [0.15, 0.2) is 21.9 Å². The minimum absolute atomic E-state index is 0. The van der Waals surface area contributed by atoms with E-state index in [1.165, 1.54) is 16.8 Å². The summed E-state index contributed by atoms with van der Waals surface area (Å²) in [7, 11) is 0. The molecule has 1 fully saturated rings. The predicted octanol–water partition coefficient (Wildman–Crippen LogP) is 1.15. The Kier molecular flexibility index (Phi) is 7.59. The number of pyridine rings is 1. The van der Waals surface area contributed by atoms with E-state index in [1.54, 1.807) is 4.90 Å². The summed E-state index contributed by atoms with van der Waals surface area (Å²) in [5.41, 5.74) is 5.37. The Balaban J connectivity index is 0.00000182. The number of hydrogen-bond acceptors (Lipinski definition) is 5. The molecule has 2 aromatic heterocycles. The summed E-state index contributed by atoms with van der Waals surface area (Å²) in [5.74, 6) is -0.167. The smallest absolute Gasteiger partial charge is 0.329 e. The molecule has 2 aromatic rings. The van der Waals surface area contributed by atoms with Crippen molar-refractivity contribution in [3.8, 4) is 0 Å². The summed E-state index contributed by atoms with van der Waals surface area (Å²) in [5, 5.41) is 0.250. The van der Waals surface area contributed by atoms with Crippen molar-refractivity contribution < 1.29 is 4.79 Å². The lowest BCUT2D eigenvalue weighted by Crippen LogP contribution is -2.35. The van der Waals surface area contributed by atoms with Gasteiger partial charge in [0.2, 0.25) is 0 Å². The Morgan fingerprint density at radius 2 is 2.07 bits per heavy atom. The monoisotopic (exact) mass is 417 g/mol. The first-order valence-corrected chi connectivity index (χ1v) is 8.51. The average Bonchev–Trinajstić information content (AvgIpc) is 3.00. The number of aromatic nitrogens is 3. The number of carbonyl (C=O) groups is 1. The molecule has 1 unspecified atom stereocenters. The highest BCUT2D eigenvalue weighted by molar-refractivity contribution is 5.97. The summed E-state index contributed by atoms with van der Waals surface area (Å²) in [4.78, 5) is 45.1. The highest BCUT2D eigenvalue weighted by Gasteiger charge is 2.35. The van der Waals surface area contributed by atoms with Crippen LogP contribution in [0, 0.1) is 5.41 Å². The Morgan fingerprint density at radius 1 is 1.37 bits per heavy atom. The second kappa shape index (κ2) is 8.86. The van der Waals surface area contributed by atoms with Gasteiger partial charge in [0.25, 0.3) is 11.5 Å². The van der Waals surface area contributed by atoms with Crippen LogP contribution in [0.4, 0.5) is 0 Å². The maximum atomic E-state index is 12.7. The van der Waals surface area contributed by atoms with Gasteiger partial charge in [-0.3, -0.25) is 19.1 Å². The maximum Gasteiger partial charge on any atom is 0.329 e. The first-order valence-electron chi connectivity index (χ1n) is 8.51. The number of fused-ring (bicyclic) bond motifs is 1. The zero-order valence-electron chi connectivity index (χ0n) is 15.4. The molecule has 1 aliphatic rings. The summed E-state index contributed by atoms with van der Waals surface area (Å²) in [6, 6.07) is 1.52. The van der Waals surface area contributed by atoms with E-state index in [0.29, 0.717) is 37.4 Å². The van der Waals surface area contributed by atoms with E-state index in [2.05, 4.69) is 16.9 Å². The first-order chi connectivity index (χ1) is 11.9. The average molecular weight is 418 g/mol. The summed E-state index contributed by atoms with van der Waals surface area (Å²) in [6.45, 7) is 6.20. The van der Waals surface area contributed by atoms with Crippen LogP contribution < -0.4 is 17.0 Å². The second-order valence-corrected chi connectivity index (χ2v) is 7.00. The van der Waals surface area contributed by atoms with Crippen molar-refractivity contribution in [3.05, 3.63) is 38.7 Å². The molecule has 0 bridgehead atoms. The fourth-order valence-electron chi connectivity index (χ4n) is 3.26. The number of amides is 1. The van der Waals surface area contributed by atoms with Crippen LogP contribution in [0.1, 0.15) is 37.0 Å². The molecule has 1 amide bonds. The minimum Gasteiger partial charge on any atom is -0.338 e. The topological polar surface area (TPSA) is 114 Å². The third kappa shape index (κ3) is 4.34. The lowest BCUT2D eigenvalue weighted by molar-refractivity contribution is 0.0776. The van der Waals surface area contributed by atoms with Crippen LogP contribution in [0.25, 0.3) is 11.0 Å². The Labute approximate surface area is 169 Å². The van der Waals surface area contributed by atoms with Crippen LogP contribution in [0.5, 0.6) is 0 Å². The molecule has 0 aliphatic carbocycles. The number of aryl methyl sites for hydroxylation is 1. The SMILES string of the molecule is CCCn1c(=O)[nH]c(=O)c2cc(C(=O)N3CCC(C)(CN)C3)cnc21.Cl.Cl. The molecule has 3 N–H and O–H groups in total. The van der Waals surface area contributed by atoms with E-state index < -0.39 is 11.2 Å². The third-order valence-electron chi connectivity index (χ3n) is 4.86. The van der Waals surface area contributed by atoms with Gasteiger partial charge in [-0.2, -0.15) is 0 Å². The number of rotatable bonds is 4. The third-order valence-corrected chi connectivity index (χ3v) is 4.86. The number of carbonyl (C=O) groups excluding carboxylic acids is 1. The van der Waals surface area contributed by atoms with Crippen molar-refractivity contribution in [2.75, 3.05) is 19.6 Å². The molecule has 27 heavy (non-hydrogen) atoms. The van der Waals surface area contributed by atoms with Crippen molar-refractivity contribution in [3.63, 3.8) is 0 Å². The summed E-state index contributed by atoms with van der Waals surface area (Å²) in [6.07, 6.45) is 3.02. The van der Waals surface area contributed by atoms with Gasteiger partial charge < -0.3 is 10.6 Å². The van der Waals surface area contributed by atoms with Crippen LogP contribution in [-0.2, 0) is 6.54 Å². The van der Waals surface area contributed by atoms with Crippen LogP contribution >= 0.6 is 24.8 Å². The molecule has 3 heterocycles. The Hall–Kier alpha value is -1.90. The molecule has 0 spiro atoms. The quantitative estimate of drug-likeness (QED) is 0.773. The lowest BCUT2D eigenvalue weighted by Gasteiger charge is -2.22. The number of nitrogens with zero attached hydrogens (tertiary/aromatic N) is 3. The number of nitrogens with one attached hydrogen (secondary N) is 1. The van der Waals surface area contributed by atoms with Crippen molar-refractivity contribution in [1.29, 1.82) is 0 Å². The highest BCUT2D eigenvalue weighted by atomic mass is 35.5. The molecular weight excluding hydrogens is 393 g/mol. The van der Waals surface area contributed by atoms with E-state index in [4.69, 9.17) is 5.73 Å². The highest BCUT2D eigenvalue weighted by Crippen LogP contribution is 2.29. The molecule has 0 saturated carbocycles. The normalized spacial score (nSPS) is 18.9. The van der Waals surface area contributed by atoms with Gasteiger partial charge in [-0.05, 0) is 30.9 Å².